The predicted molar refractivity (Wildman–Crippen MR) is 103 cm³/mol. The van der Waals surface area contributed by atoms with Crippen LogP contribution in [0.15, 0.2) is 78.9 Å². The van der Waals surface area contributed by atoms with Crippen LogP contribution in [0.3, 0.4) is 0 Å². The van der Waals surface area contributed by atoms with Gasteiger partial charge in [0.15, 0.2) is 0 Å². The number of hydrogen-bond donors (Lipinski definition) is 1. The molecule has 0 spiro atoms. The van der Waals surface area contributed by atoms with E-state index >= 15 is 0 Å². The highest BCUT2D eigenvalue weighted by atomic mass is 16.6. The molecule has 0 aliphatic rings. The minimum Gasteiger partial charge on any atom is -0.457 e. The van der Waals surface area contributed by atoms with E-state index in [0.29, 0.717) is 11.3 Å². The monoisotopic (exact) mass is 376 g/mol. The molecule has 0 aromatic heterocycles. The molecule has 0 saturated heterocycles. The molecule has 3 aromatic rings. The number of para-hydroxylation sites is 1. The zero-order valence-corrected chi connectivity index (χ0v) is 14.7. The van der Waals surface area contributed by atoms with Gasteiger partial charge in [-0.05, 0) is 42.0 Å². The Hall–Kier alpha value is -4.00. The molecular formula is C21H16N2O5. The first-order valence-electron chi connectivity index (χ1n) is 8.40. The largest absolute Gasteiger partial charge is 0.457 e. The molecule has 0 atom stereocenters. The van der Waals surface area contributed by atoms with Crippen molar-refractivity contribution >= 4 is 23.3 Å². The first-order valence-corrected chi connectivity index (χ1v) is 8.40. The Morgan fingerprint density at radius 2 is 1.46 bits per heavy atom. The van der Waals surface area contributed by atoms with Gasteiger partial charge in [0.1, 0.15) is 6.61 Å². The summed E-state index contributed by atoms with van der Waals surface area (Å²) in [4.78, 5) is 35.2. The van der Waals surface area contributed by atoms with Gasteiger partial charge in [-0.1, -0.05) is 30.3 Å². The molecule has 0 aliphatic carbocycles. The normalized spacial score (nSPS) is 10.1. The second kappa shape index (κ2) is 8.59. The van der Waals surface area contributed by atoms with E-state index in [2.05, 4.69) is 5.32 Å². The summed E-state index contributed by atoms with van der Waals surface area (Å²) in [7, 11) is 0. The van der Waals surface area contributed by atoms with Crippen LogP contribution < -0.4 is 5.32 Å². The average molecular weight is 376 g/mol. The number of esters is 1. The van der Waals surface area contributed by atoms with Crippen LogP contribution in [-0.4, -0.2) is 16.8 Å². The van der Waals surface area contributed by atoms with Gasteiger partial charge in [-0.2, -0.15) is 0 Å². The standard InChI is InChI=1S/C21H16N2O5/c24-20(22-16-6-2-1-3-7-16)18-8-4-5-9-19(18)21(25)28-14-15-10-12-17(13-11-15)23(26)27/h1-13H,14H2,(H,22,24). The maximum Gasteiger partial charge on any atom is 0.339 e. The summed E-state index contributed by atoms with van der Waals surface area (Å²) in [5, 5.41) is 13.4. The van der Waals surface area contributed by atoms with Gasteiger partial charge in [0.05, 0.1) is 16.1 Å². The third kappa shape index (κ3) is 4.59. The third-order valence-corrected chi connectivity index (χ3v) is 3.94. The van der Waals surface area contributed by atoms with Crippen LogP contribution in [0.4, 0.5) is 11.4 Å². The molecule has 3 rings (SSSR count). The summed E-state index contributed by atoms with van der Waals surface area (Å²) < 4.78 is 5.27. The Morgan fingerprint density at radius 3 is 2.11 bits per heavy atom. The zero-order chi connectivity index (χ0) is 19.9. The first kappa shape index (κ1) is 18.8. The summed E-state index contributed by atoms with van der Waals surface area (Å²) in [6.45, 7) is -0.0640. The first-order chi connectivity index (χ1) is 13.5. The minimum atomic E-state index is -0.655. The molecule has 0 unspecified atom stereocenters. The molecule has 7 heteroatoms. The van der Waals surface area contributed by atoms with Gasteiger partial charge < -0.3 is 10.1 Å². The number of carbonyl (C=O) groups is 2. The second-order valence-electron chi connectivity index (χ2n) is 5.87. The number of nitro groups is 1. The lowest BCUT2D eigenvalue weighted by molar-refractivity contribution is -0.384. The van der Waals surface area contributed by atoms with Gasteiger partial charge in [0.2, 0.25) is 0 Å². The Kier molecular flexibility index (Phi) is 5.76. The highest BCUT2D eigenvalue weighted by Gasteiger charge is 2.18. The Labute approximate surface area is 160 Å². The number of carbonyl (C=O) groups excluding carboxylic acids is 2. The number of ether oxygens (including phenoxy) is 1. The molecule has 0 fully saturated rings. The van der Waals surface area contributed by atoms with Crippen molar-refractivity contribution in [2.45, 2.75) is 6.61 Å². The van der Waals surface area contributed by atoms with Crippen LogP contribution in [0.2, 0.25) is 0 Å². The lowest BCUT2D eigenvalue weighted by Gasteiger charge is -2.10. The quantitative estimate of drug-likeness (QED) is 0.395. The fourth-order valence-electron chi connectivity index (χ4n) is 2.52. The predicted octanol–water partition coefficient (Wildman–Crippen LogP) is 4.20. The van der Waals surface area contributed by atoms with Crippen molar-refractivity contribution < 1.29 is 19.2 Å². The fraction of sp³-hybridized carbons (Fsp3) is 0.0476. The van der Waals surface area contributed by atoms with Crippen molar-refractivity contribution in [3.63, 3.8) is 0 Å². The number of non-ortho nitro benzene ring substituents is 1. The van der Waals surface area contributed by atoms with E-state index in [9.17, 15) is 19.7 Å². The van der Waals surface area contributed by atoms with Crippen molar-refractivity contribution in [2.24, 2.45) is 0 Å². The topological polar surface area (TPSA) is 98.5 Å². The molecular weight excluding hydrogens is 360 g/mol. The molecule has 0 heterocycles. The summed E-state index contributed by atoms with van der Waals surface area (Å²) in [5.74, 6) is -1.08. The van der Waals surface area contributed by atoms with Gasteiger partial charge in [0.25, 0.3) is 11.6 Å². The highest BCUT2D eigenvalue weighted by molar-refractivity contribution is 6.11. The average Bonchev–Trinajstić information content (AvgIpc) is 2.73. The van der Waals surface area contributed by atoms with Gasteiger partial charge in [-0.25, -0.2) is 4.79 Å². The number of anilines is 1. The van der Waals surface area contributed by atoms with E-state index in [-0.39, 0.29) is 23.4 Å². The maximum absolute atomic E-state index is 12.5. The van der Waals surface area contributed by atoms with E-state index in [1.165, 1.54) is 30.3 Å². The van der Waals surface area contributed by atoms with Gasteiger partial charge in [-0.15, -0.1) is 0 Å². The van der Waals surface area contributed by atoms with E-state index in [0.717, 1.165) is 0 Å². The Bertz CT molecular complexity index is 1000. The lowest BCUT2D eigenvalue weighted by Crippen LogP contribution is -2.17. The molecule has 7 nitrogen and oxygen atoms in total. The third-order valence-electron chi connectivity index (χ3n) is 3.94. The second-order valence-corrected chi connectivity index (χ2v) is 5.87. The number of nitrogens with zero attached hydrogens (tertiary/aromatic N) is 1. The number of nitrogens with one attached hydrogen (secondary N) is 1. The molecule has 0 radical (unpaired) electrons. The number of amides is 1. The molecule has 1 N–H and O–H groups in total. The van der Waals surface area contributed by atoms with Crippen LogP contribution >= 0.6 is 0 Å². The van der Waals surface area contributed by atoms with Crippen LogP contribution in [-0.2, 0) is 11.3 Å². The molecule has 0 aliphatic heterocycles. The number of nitro benzene ring substituents is 1. The Morgan fingerprint density at radius 1 is 0.857 bits per heavy atom. The Balaban J connectivity index is 1.70. The summed E-state index contributed by atoms with van der Waals surface area (Å²) in [6, 6.07) is 21.0. The number of hydrogen-bond acceptors (Lipinski definition) is 5. The van der Waals surface area contributed by atoms with Crippen molar-refractivity contribution in [1.82, 2.24) is 0 Å². The summed E-state index contributed by atoms with van der Waals surface area (Å²) >= 11 is 0. The fourth-order valence-corrected chi connectivity index (χ4v) is 2.52. The van der Waals surface area contributed by atoms with E-state index in [1.807, 2.05) is 6.07 Å². The molecule has 0 bridgehead atoms. The zero-order valence-electron chi connectivity index (χ0n) is 14.7. The lowest BCUT2D eigenvalue weighted by atomic mass is 10.1. The van der Waals surface area contributed by atoms with Crippen molar-refractivity contribution in [2.75, 3.05) is 5.32 Å². The van der Waals surface area contributed by atoms with Crippen LogP contribution in [0.5, 0.6) is 0 Å². The van der Waals surface area contributed by atoms with E-state index in [1.54, 1.807) is 42.5 Å². The van der Waals surface area contributed by atoms with Gasteiger partial charge >= 0.3 is 5.97 Å². The molecule has 140 valence electrons. The van der Waals surface area contributed by atoms with Gasteiger partial charge in [-0.3, -0.25) is 14.9 Å². The van der Waals surface area contributed by atoms with Crippen molar-refractivity contribution in [3.8, 4) is 0 Å². The van der Waals surface area contributed by atoms with Crippen LogP contribution in [0.25, 0.3) is 0 Å². The molecule has 0 saturated carbocycles. The SMILES string of the molecule is O=C(Nc1ccccc1)c1ccccc1C(=O)OCc1ccc([N+](=O)[O-])cc1. The smallest absolute Gasteiger partial charge is 0.339 e. The number of rotatable bonds is 6. The van der Waals surface area contributed by atoms with Crippen LogP contribution in [0.1, 0.15) is 26.3 Å². The van der Waals surface area contributed by atoms with Crippen molar-refractivity contribution in [1.29, 1.82) is 0 Å². The minimum absolute atomic E-state index is 0.0435. The van der Waals surface area contributed by atoms with E-state index in [4.69, 9.17) is 4.74 Å². The van der Waals surface area contributed by atoms with E-state index < -0.39 is 16.8 Å². The van der Waals surface area contributed by atoms with Crippen molar-refractivity contribution in [3.05, 3.63) is 106 Å². The summed E-state index contributed by atoms with van der Waals surface area (Å²) in [6.07, 6.45) is 0. The molecule has 1 amide bonds. The number of benzene rings is 3. The van der Waals surface area contributed by atoms with Gasteiger partial charge in [0, 0.05) is 17.8 Å². The molecule has 3 aromatic carbocycles. The maximum atomic E-state index is 12.5. The van der Waals surface area contributed by atoms with Crippen LogP contribution in [0, 0.1) is 10.1 Å². The molecule has 28 heavy (non-hydrogen) atoms. The highest BCUT2D eigenvalue weighted by Crippen LogP contribution is 2.16. The summed E-state index contributed by atoms with van der Waals surface area (Å²) in [5.41, 5.74) is 1.50.